The van der Waals surface area contributed by atoms with Crippen molar-refractivity contribution < 1.29 is 29.0 Å². The van der Waals surface area contributed by atoms with Gasteiger partial charge in [0.05, 0.1) is 6.61 Å². The molecule has 1 aromatic rings. The van der Waals surface area contributed by atoms with E-state index >= 15 is 0 Å². The maximum atomic E-state index is 12.6. The third-order valence-corrected chi connectivity index (χ3v) is 4.55. The highest BCUT2D eigenvalue weighted by atomic mass is 16.6. The predicted molar refractivity (Wildman–Crippen MR) is 103 cm³/mol. The van der Waals surface area contributed by atoms with Gasteiger partial charge in [-0.1, -0.05) is 26.0 Å². The van der Waals surface area contributed by atoms with Gasteiger partial charge in [0.15, 0.2) is 18.0 Å². The van der Waals surface area contributed by atoms with Crippen LogP contribution in [0, 0.1) is 11.8 Å². The van der Waals surface area contributed by atoms with Crippen molar-refractivity contribution in [3.63, 3.8) is 0 Å². The minimum absolute atomic E-state index is 0.0454. The number of ketones is 1. The number of phenols is 1. The van der Waals surface area contributed by atoms with Crippen LogP contribution in [0.4, 0.5) is 0 Å². The zero-order valence-corrected chi connectivity index (χ0v) is 16.6. The smallest absolute Gasteiger partial charge is 0.338 e. The first-order valence-corrected chi connectivity index (χ1v) is 9.72. The van der Waals surface area contributed by atoms with Gasteiger partial charge in [0, 0.05) is 18.9 Å². The number of carbonyl (C=O) groups is 3. The molecule has 1 amide bonds. The van der Waals surface area contributed by atoms with Gasteiger partial charge in [0.2, 0.25) is 5.91 Å². The van der Waals surface area contributed by atoms with Crippen LogP contribution in [0.25, 0.3) is 0 Å². The lowest BCUT2D eigenvalue weighted by atomic mass is 9.90. The normalized spacial score (nSPS) is 19.1. The molecule has 2 N–H and O–H groups in total. The molecule has 1 aliphatic heterocycles. The van der Waals surface area contributed by atoms with Gasteiger partial charge in [0.25, 0.3) is 0 Å². The lowest BCUT2D eigenvalue weighted by molar-refractivity contribution is -0.144. The summed E-state index contributed by atoms with van der Waals surface area (Å²) in [5.41, 5.74) is 0.998. The Kier molecular flexibility index (Phi) is 7.99. The van der Waals surface area contributed by atoms with Crippen molar-refractivity contribution >= 4 is 17.7 Å². The Morgan fingerprint density at radius 2 is 1.86 bits per heavy atom. The van der Waals surface area contributed by atoms with Gasteiger partial charge < -0.3 is 19.9 Å². The molecule has 0 aromatic heterocycles. The molecule has 3 atom stereocenters. The summed E-state index contributed by atoms with van der Waals surface area (Å²) in [6, 6.07) is 6.81. The fourth-order valence-corrected chi connectivity index (χ4v) is 3.11. The van der Waals surface area contributed by atoms with E-state index in [9.17, 15) is 19.5 Å². The standard InChI is InChI=1S/C21H29NO6/c1-4-27-21(26)19-18(28-19)17(24)12-15(11-13(2)3)20(25)22-10-9-14-5-7-16(23)8-6-14/h5-8,13,15,18-19,23H,4,9-12H2,1-3H3,(H,22,25)/t15-,18-,19+/m1/s1. The van der Waals surface area contributed by atoms with Crippen molar-refractivity contribution in [2.24, 2.45) is 11.8 Å². The lowest BCUT2D eigenvalue weighted by Gasteiger charge is -2.18. The van der Waals surface area contributed by atoms with Crippen molar-refractivity contribution in [3.05, 3.63) is 29.8 Å². The number of phenolic OH excluding ortho intramolecular Hbond substituents is 1. The average molecular weight is 391 g/mol. The predicted octanol–water partition coefficient (Wildman–Crippen LogP) is 2.00. The molecular formula is C21H29NO6. The first-order valence-electron chi connectivity index (χ1n) is 9.72. The topological polar surface area (TPSA) is 105 Å². The van der Waals surface area contributed by atoms with Crippen LogP contribution in [-0.4, -0.2) is 48.1 Å². The highest BCUT2D eigenvalue weighted by Gasteiger charge is 2.51. The van der Waals surface area contributed by atoms with Gasteiger partial charge in [0.1, 0.15) is 5.75 Å². The number of esters is 1. The molecule has 1 saturated heterocycles. The number of rotatable bonds is 11. The minimum Gasteiger partial charge on any atom is -0.508 e. The highest BCUT2D eigenvalue weighted by Crippen LogP contribution is 2.28. The molecular weight excluding hydrogens is 362 g/mol. The summed E-state index contributed by atoms with van der Waals surface area (Å²) in [4.78, 5) is 36.6. The molecule has 1 aliphatic rings. The molecule has 0 unspecified atom stereocenters. The molecule has 7 nitrogen and oxygen atoms in total. The number of hydrogen-bond acceptors (Lipinski definition) is 6. The number of amides is 1. The average Bonchev–Trinajstić information content (AvgIpc) is 3.43. The fraction of sp³-hybridized carbons (Fsp3) is 0.571. The quantitative estimate of drug-likeness (QED) is 0.442. The van der Waals surface area contributed by atoms with E-state index in [1.165, 1.54) is 0 Å². The largest absolute Gasteiger partial charge is 0.508 e. The first kappa shape index (κ1) is 21.9. The number of epoxide rings is 1. The number of carbonyl (C=O) groups excluding carboxylic acids is 3. The summed E-state index contributed by atoms with van der Waals surface area (Å²) in [6.07, 6.45) is -0.370. The summed E-state index contributed by atoms with van der Waals surface area (Å²) in [5, 5.41) is 12.2. The Hall–Kier alpha value is -2.41. The Morgan fingerprint density at radius 1 is 1.18 bits per heavy atom. The van der Waals surface area contributed by atoms with Crippen LogP contribution >= 0.6 is 0 Å². The molecule has 0 saturated carbocycles. The second-order valence-corrected chi connectivity index (χ2v) is 7.43. The Morgan fingerprint density at radius 3 is 2.46 bits per heavy atom. The molecule has 1 heterocycles. The van der Waals surface area contributed by atoms with Crippen LogP contribution in [0.1, 0.15) is 39.2 Å². The van der Waals surface area contributed by atoms with Crippen LogP contribution in [0.15, 0.2) is 24.3 Å². The van der Waals surface area contributed by atoms with E-state index in [0.29, 0.717) is 19.4 Å². The van der Waals surface area contributed by atoms with E-state index in [2.05, 4.69) is 5.32 Å². The van der Waals surface area contributed by atoms with Crippen molar-refractivity contribution in [3.8, 4) is 5.75 Å². The lowest BCUT2D eigenvalue weighted by Crippen LogP contribution is -2.35. The monoisotopic (exact) mass is 391 g/mol. The molecule has 28 heavy (non-hydrogen) atoms. The molecule has 7 heteroatoms. The zero-order valence-electron chi connectivity index (χ0n) is 16.6. The molecule has 0 radical (unpaired) electrons. The third kappa shape index (κ3) is 6.64. The minimum atomic E-state index is -0.829. The number of aromatic hydroxyl groups is 1. The van der Waals surface area contributed by atoms with E-state index in [0.717, 1.165) is 5.56 Å². The van der Waals surface area contributed by atoms with E-state index < -0.39 is 24.1 Å². The number of Topliss-reactive ketones (excluding diaryl/α,β-unsaturated/α-hetero) is 1. The van der Waals surface area contributed by atoms with Gasteiger partial charge in [-0.15, -0.1) is 0 Å². The van der Waals surface area contributed by atoms with E-state index in [1.54, 1.807) is 31.2 Å². The molecule has 0 spiro atoms. The van der Waals surface area contributed by atoms with Crippen LogP contribution in [-0.2, 0) is 30.3 Å². The second kappa shape index (κ2) is 10.2. The van der Waals surface area contributed by atoms with Crippen molar-refractivity contribution in [1.29, 1.82) is 0 Å². The van der Waals surface area contributed by atoms with Gasteiger partial charge in [-0.05, 0) is 43.4 Å². The molecule has 154 valence electrons. The third-order valence-electron chi connectivity index (χ3n) is 4.55. The van der Waals surface area contributed by atoms with Crippen molar-refractivity contribution in [2.75, 3.05) is 13.2 Å². The van der Waals surface area contributed by atoms with Crippen molar-refractivity contribution in [2.45, 2.75) is 52.2 Å². The van der Waals surface area contributed by atoms with E-state index in [-0.39, 0.29) is 36.4 Å². The summed E-state index contributed by atoms with van der Waals surface area (Å²) >= 11 is 0. The van der Waals surface area contributed by atoms with Gasteiger partial charge in [-0.3, -0.25) is 9.59 Å². The van der Waals surface area contributed by atoms with Gasteiger partial charge in [-0.25, -0.2) is 4.79 Å². The number of hydrogen-bond donors (Lipinski definition) is 2. The Bertz CT molecular complexity index is 685. The maximum absolute atomic E-state index is 12.6. The van der Waals surface area contributed by atoms with Crippen LogP contribution in [0.5, 0.6) is 5.75 Å². The Balaban J connectivity index is 1.84. The van der Waals surface area contributed by atoms with Crippen LogP contribution in [0.2, 0.25) is 0 Å². The van der Waals surface area contributed by atoms with Crippen molar-refractivity contribution in [1.82, 2.24) is 5.32 Å². The molecule has 0 bridgehead atoms. The number of nitrogens with one attached hydrogen (secondary N) is 1. The summed E-state index contributed by atoms with van der Waals surface area (Å²) in [7, 11) is 0. The number of benzene rings is 1. The Labute approximate surface area is 165 Å². The molecule has 0 aliphatic carbocycles. The van der Waals surface area contributed by atoms with E-state index in [1.807, 2.05) is 13.8 Å². The molecule has 2 rings (SSSR count). The first-order chi connectivity index (χ1) is 13.3. The summed E-state index contributed by atoms with van der Waals surface area (Å²) in [6.45, 7) is 6.36. The highest BCUT2D eigenvalue weighted by molar-refractivity contribution is 5.96. The van der Waals surface area contributed by atoms with Gasteiger partial charge >= 0.3 is 5.97 Å². The van der Waals surface area contributed by atoms with E-state index in [4.69, 9.17) is 9.47 Å². The summed E-state index contributed by atoms with van der Waals surface area (Å²) < 4.78 is 10.0. The SMILES string of the molecule is CCOC(=O)[C@H]1O[C@@H]1C(=O)C[C@@H](CC(C)C)C(=O)NCCc1ccc(O)cc1. The molecule has 1 aromatic carbocycles. The maximum Gasteiger partial charge on any atom is 0.338 e. The van der Waals surface area contributed by atoms with Crippen LogP contribution < -0.4 is 5.32 Å². The fourth-order valence-electron chi connectivity index (χ4n) is 3.11. The zero-order chi connectivity index (χ0) is 20.7. The number of ether oxygens (including phenoxy) is 2. The van der Waals surface area contributed by atoms with Crippen LogP contribution in [0.3, 0.4) is 0 Å². The second-order valence-electron chi connectivity index (χ2n) is 7.43. The summed E-state index contributed by atoms with van der Waals surface area (Å²) in [5.74, 6) is -0.946. The molecule has 1 fully saturated rings. The van der Waals surface area contributed by atoms with Gasteiger partial charge in [-0.2, -0.15) is 0 Å².